The van der Waals surface area contributed by atoms with E-state index in [4.69, 9.17) is 23.2 Å². The smallest absolute Gasteiger partial charge is 0.230 e. The SMILES string of the molecule is O=C(c1ccc(Cl)c(Cl)c1)C1CCN(C(=O)C2CCCc3ccccc32)CC1. The molecule has 0 saturated carbocycles. The largest absolute Gasteiger partial charge is 0.342 e. The number of hydrogen-bond donors (Lipinski definition) is 0. The molecule has 1 unspecified atom stereocenters. The van der Waals surface area contributed by atoms with Crippen molar-refractivity contribution in [2.45, 2.75) is 38.0 Å². The molecule has 1 fully saturated rings. The lowest BCUT2D eigenvalue weighted by atomic mass is 9.81. The second kappa shape index (κ2) is 8.26. The molecular formula is C23H23Cl2NO2. The third-order valence-electron chi connectivity index (χ3n) is 6.05. The average Bonchev–Trinajstić information content (AvgIpc) is 2.74. The molecule has 0 aromatic heterocycles. The van der Waals surface area contributed by atoms with E-state index in [1.54, 1.807) is 18.2 Å². The van der Waals surface area contributed by atoms with Gasteiger partial charge in [0.1, 0.15) is 0 Å². The Morgan fingerprint density at radius 2 is 1.68 bits per heavy atom. The van der Waals surface area contributed by atoms with Crippen molar-refractivity contribution in [3.05, 3.63) is 69.2 Å². The molecule has 1 aliphatic heterocycles. The van der Waals surface area contributed by atoms with Gasteiger partial charge in [0.25, 0.3) is 0 Å². The quantitative estimate of drug-likeness (QED) is 0.617. The fourth-order valence-corrected chi connectivity index (χ4v) is 4.78. The Hall–Kier alpha value is -1.84. The number of nitrogens with zero attached hydrogens (tertiary/aromatic N) is 1. The van der Waals surface area contributed by atoms with Crippen LogP contribution in [0.25, 0.3) is 0 Å². The van der Waals surface area contributed by atoms with Gasteiger partial charge >= 0.3 is 0 Å². The summed E-state index contributed by atoms with van der Waals surface area (Å²) in [5.74, 6) is 0.202. The lowest BCUT2D eigenvalue weighted by molar-refractivity contribution is -0.134. The number of carbonyl (C=O) groups is 2. The Morgan fingerprint density at radius 1 is 0.929 bits per heavy atom. The Bertz CT molecular complexity index is 903. The van der Waals surface area contributed by atoms with Crippen LogP contribution in [0, 0.1) is 5.92 Å². The van der Waals surface area contributed by atoms with Gasteiger partial charge in [-0.2, -0.15) is 0 Å². The van der Waals surface area contributed by atoms with Crippen molar-refractivity contribution >= 4 is 34.9 Å². The lowest BCUT2D eigenvalue weighted by Gasteiger charge is -2.35. The molecule has 0 radical (unpaired) electrons. The van der Waals surface area contributed by atoms with Crippen LogP contribution in [-0.4, -0.2) is 29.7 Å². The summed E-state index contributed by atoms with van der Waals surface area (Å²) in [6.45, 7) is 1.27. The van der Waals surface area contributed by atoms with Crippen LogP contribution in [0.5, 0.6) is 0 Å². The first kappa shape index (κ1) is 19.5. The summed E-state index contributed by atoms with van der Waals surface area (Å²) in [5.41, 5.74) is 3.09. The van der Waals surface area contributed by atoms with E-state index >= 15 is 0 Å². The number of aryl methyl sites for hydroxylation is 1. The predicted molar refractivity (Wildman–Crippen MR) is 112 cm³/mol. The lowest BCUT2D eigenvalue weighted by Crippen LogP contribution is -2.43. The van der Waals surface area contributed by atoms with Gasteiger partial charge in [0.05, 0.1) is 16.0 Å². The molecule has 0 spiro atoms. The molecule has 2 aliphatic rings. The Kier molecular flexibility index (Phi) is 5.75. The highest BCUT2D eigenvalue weighted by Crippen LogP contribution is 2.34. The topological polar surface area (TPSA) is 37.4 Å². The third-order valence-corrected chi connectivity index (χ3v) is 6.79. The Balaban J connectivity index is 1.41. The maximum absolute atomic E-state index is 13.2. The van der Waals surface area contributed by atoms with Crippen LogP contribution in [0.2, 0.25) is 10.0 Å². The van der Waals surface area contributed by atoms with Gasteiger partial charge in [-0.1, -0.05) is 47.5 Å². The number of ketones is 1. The van der Waals surface area contributed by atoms with Crippen LogP contribution in [0.15, 0.2) is 42.5 Å². The summed E-state index contributed by atoms with van der Waals surface area (Å²) in [5, 5.41) is 0.850. The molecular weight excluding hydrogens is 393 g/mol. The molecule has 1 heterocycles. The van der Waals surface area contributed by atoms with Crippen LogP contribution in [0.4, 0.5) is 0 Å². The van der Waals surface area contributed by atoms with Crippen molar-refractivity contribution in [3.63, 3.8) is 0 Å². The van der Waals surface area contributed by atoms with E-state index < -0.39 is 0 Å². The number of Topliss-reactive ketones (excluding diaryl/α,β-unsaturated/α-hetero) is 1. The van der Waals surface area contributed by atoms with E-state index in [-0.39, 0.29) is 23.5 Å². The van der Waals surface area contributed by atoms with Crippen LogP contribution in [-0.2, 0) is 11.2 Å². The van der Waals surface area contributed by atoms with Crippen molar-refractivity contribution in [1.82, 2.24) is 4.90 Å². The fraction of sp³-hybridized carbons (Fsp3) is 0.391. The summed E-state index contributed by atoms with van der Waals surface area (Å²) in [7, 11) is 0. The number of amides is 1. The second-order valence-electron chi connectivity index (χ2n) is 7.74. The van der Waals surface area contributed by atoms with Crippen molar-refractivity contribution < 1.29 is 9.59 Å². The molecule has 1 saturated heterocycles. The monoisotopic (exact) mass is 415 g/mol. The summed E-state index contributed by atoms with van der Waals surface area (Å²) < 4.78 is 0. The average molecular weight is 416 g/mol. The minimum absolute atomic E-state index is 0.0349. The molecule has 3 nitrogen and oxygen atoms in total. The molecule has 28 heavy (non-hydrogen) atoms. The number of halogens is 2. The van der Waals surface area contributed by atoms with Gasteiger partial charge in [0.2, 0.25) is 5.91 Å². The molecule has 146 valence electrons. The number of fused-ring (bicyclic) bond motifs is 1. The van der Waals surface area contributed by atoms with Gasteiger partial charge < -0.3 is 4.90 Å². The summed E-state index contributed by atoms with van der Waals surface area (Å²) >= 11 is 12.0. The van der Waals surface area contributed by atoms with E-state index in [2.05, 4.69) is 12.1 Å². The molecule has 1 aliphatic carbocycles. The summed E-state index contributed by atoms with van der Waals surface area (Å²) in [4.78, 5) is 27.9. The highest BCUT2D eigenvalue weighted by Gasteiger charge is 2.33. The van der Waals surface area contributed by atoms with E-state index in [0.717, 1.165) is 19.3 Å². The molecule has 0 bridgehead atoms. The van der Waals surface area contributed by atoms with Crippen LogP contribution >= 0.6 is 23.2 Å². The van der Waals surface area contributed by atoms with Gasteiger partial charge in [-0.3, -0.25) is 9.59 Å². The normalized spacial score (nSPS) is 19.9. The van der Waals surface area contributed by atoms with E-state index in [1.807, 2.05) is 17.0 Å². The van der Waals surface area contributed by atoms with E-state index in [9.17, 15) is 9.59 Å². The number of benzene rings is 2. The molecule has 2 aromatic carbocycles. The first-order valence-corrected chi connectivity index (χ1v) is 10.7. The summed E-state index contributed by atoms with van der Waals surface area (Å²) in [6.07, 6.45) is 4.41. The molecule has 4 rings (SSSR count). The number of likely N-dealkylation sites (tertiary alicyclic amines) is 1. The molecule has 1 amide bonds. The molecule has 0 N–H and O–H groups in total. The minimum atomic E-state index is -0.0695. The zero-order chi connectivity index (χ0) is 19.7. The number of hydrogen-bond acceptors (Lipinski definition) is 2. The summed E-state index contributed by atoms with van der Waals surface area (Å²) in [6, 6.07) is 13.3. The first-order chi connectivity index (χ1) is 13.5. The van der Waals surface area contributed by atoms with Gasteiger partial charge in [0.15, 0.2) is 5.78 Å². The Morgan fingerprint density at radius 3 is 2.43 bits per heavy atom. The first-order valence-electron chi connectivity index (χ1n) is 9.90. The van der Waals surface area contributed by atoms with Crippen molar-refractivity contribution in [3.8, 4) is 0 Å². The molecule has 5 heteroatoms. The van der Waals surface area contributed by atoms with Crippen molar-refractivity contribution in [2.24, 2.45) is 5.92 Å². The highest BCUT2D eigenvalue weighted by atomic mass is 35.5. The van der Waals surface area contributed by atoms with E-state index in [1.165, 1.54) is 11.1 Å². The minimum Gasteiger partial charge on any atom is -0.342 e. The highest BCUT2D eigenvalue weighted by molar-refractivity contribution is 6.42. The zero-order valence-electron chi connectivity index (χ0n) is 15.7. The fourth-order valence-electron chi connectivity index (χ4n) is 4.48. The van der Waals surface area contributed by atoms with Crippen LogP contribution in [0.1, 0.15) is 53.1 Å². The maximum Gasteiger partial charge on any atom is 0.230 e. The number of piperidine rings is 1. The number of rotatable bonds is 3. The van der Waals surface area contributed by atoms with Gasteiger partial charge in [-0.05, 0) is 61.4 Å². The van der Waals surface area contributed by atoms with Gasteiger partial charge in [-0.25, -0.2) is 0 Å². The number of carbonyl (C=O) groups excluding carboxylic acids is 2. The molecule has 2 aromatic rings. The van der Waals surface area contributed by atoms with Crippen LogP contribution in [0.3, 0.4) is 0 Å². The predicted octanol–water partition coefficient (Wildman–Crippen LogP) is 5.53. The standard InChI is InChI=1S/C23H23Cl2NO2/c24-20-9-8-17(14-21(20)25)22(27)16-10-12-26(13-11-16)23(28)19-7-3-5-15-4-1-2-6-18(15)19/h1-2,4,6,8-9,14,16,19H,3,5,7,10-13H2. The van der Waals surface area contributed by atoms with Gasteiger partial charge in [0, 0.05) is 24.6 Å². The van der Waals surface area contributed by atoms with Gasteiger partial charge in [-0.15, -0.1) is 0 Å². The third kappa shape index (κ3) is 3.83. The van der Waals surface area contributed by atoms with Crippen LogP contribution < -0.4 is 0 Å². The van der Waals surface area contributed by atoms with Crippen molar-refractivity contribution in [1.29, 1.82) is 0 Å². The Labute approximate surface area is 175 Å². The van der Waals surface area contributed by atoms with E-state index in [0.29, 0.717) is 41.5 Å². The van der Waals surface area contributed by atoms with Crippen molar-refractivity contribution in [2.75, 3.05) is 13.1 Å². The second-order valence-corrected chi connectivity index (χ2v) is 8.55. The maximum atomic E-state index is 13.2. The zero-order valence-corrected chi connectivity index (χ0v) is 17.2. The molecule has 1 atom stereocenters.